The Morgan fingerprint density at radius 1 is 1.23 bits per heavy atom. The maximum atomic E-state index is 12.2. The van der Waals surface area contributed by atoms with Gasteiger partial charge in [0.2, 0.25) is 0 Å². The number of carboxylic acid groups (broad SMARTS) is 1. The van der Waals surface area contributed by atoms with Crippen LogP contribution in [-0.2, 0) is 11.8 Å². The van der Waals surface area contributed by atoms with Gasteiger partial charge in [-0.05, 0) is 63.2 Å². The van der Waals surface area contributed by atoms with Crippen LogP contribution in [0.3, 0.4) is 0 Å². The summed E-state index contributed by atoms with van der Waals surface area (Å²) in [7, 11) is 1.80. The summed E-state index contributed by atoms with van der Waals surface area (Å²) in [6, 6.07) is 1.76. The summed E-state index contributed by atoms with van der Waals surface area (Å²) in [4.78, 5) is 25.3. The van der Waals surface area contributed by atoms with Crippen molar-refractivity contribution in [3.05, 3.63) is 22.3 Å². The number of fused-ring (bicyclic) bond motifs is 1. The van der Waals surface area contributed by atoms with Gasteiger partial charge in [0.05, 0.1) is 0 Å². The molecule has 26 heavy (non-hydrogen) atoms. The Labute approximate surface area is 153 Å². The SMILES string of the molecule is Cn1c(C(=O)O)cc2c1=CCC(C1CCN(C(=O)OC(C)(C)C)CC1)C=2. The molecule has 1 saturated heterocycles. The molecule has 3 rings (SSSR count). The van der Waals surface area contributed by atoms with Crippen molar-refractivity contribution in [3.63, 3.8) is 0 Å². The lowest BCUT2D eigenvalue weighted by molar-refractivity contribution is 0.0171. The summed E-state index contributed by atoms with van der Waals surface area (Å²) in [6.07, 6.45) is 6.94. The summed E-state index contributed by atoms with van der Waals surface area (Å²) in [5, 5.41) is 11.3. The molecule has 0 saturated carbocycles. The fourth-order valence-corrected chi connectivity index (χ4v) is 3.95. The topological polar surface area (TPSA) is 71.8 Å². The zero-order chi connectivity index (χ0) is 19.1. The maximum Gasteiger partial charge on any atom is 0.410 e. The van der Waals surface area contributed by atoms with E-state index in [4.69, 9.17) is 4.74 Å². The molecule has 0 spiro atoms. The van der Waals surface area contributed by atoms with Gasteiger partial charge in [0.25, 0.3) is 0 Å². The quantitative estimate of drug-likeness (QED) is 0.875. The van der Waals surface area contributed by atoms with E-state index in [9.17, 15) is 14.7 Å². The van der Waals surface area contributed by atoms with Crippen molar-refractivity contribution in [3.8, 4) is 0 Å². The van der Waals surface area contributed by atoms with Crippen molar-refractivity contribution in [2.24, 2.45) is 18.9 Å². The van der Waals surface area contributed by atoms with Crippen molar-refractivity contribution in [2.75, 3.05) is 13.1 Å². The number of carboxylic acids is 1. The summed E-state index contributed by atoms with van der Waals surface area (Å²) in [5.74, 6) is 0.00446. The van der Waals surface area contributed by atoms with Crippen LogP contribution in [0.4, 0.5) is 4.79 Å². The summed E-state index contributed by atoms with van der Waals surface area (Å²) >= 11 is 0. The molecular formula is C20H28N2O4. The van der Waals surface area contributed by atoms with E-state index in [2.05, 4.69) is 12.2 Å². The van der Waals surface area contributed by atoms with Crippen LogP contribution >= 0.6 is 0 Å². The smallest absolute Gasteiger partial charge is 0.410 e. The molecule has 1 N–H and O–H groups in total. The zero-order valence-electron chi connectivity index (χ0n) is 16.0. The number of carbonyl (C=O) groups excluding carboxylic acids is 1. The Kier molecular flexibility index (Phi) is 4.86. The van der Waals surface area contributed by atoms with Gasteiger partial charge in [-0.25, -0.2) is 9.59 Å². The highest BCUT2D eigenvalue weighted by Crippen LogP contribution is 2.30. The molecule has 1 unspecified atom stereocenters. The third-order valence-corrected chi connectivity index (χ3v) is 5.30. The summed E-state index contributed by atoms with van der Waals surface area (Å²) < 4.78 is 7.20. The van der Waals surface area contributed by atoms with E-state index < -0.39 is 11.6 Å². The van der Waals surface area contributed by atoms with Gasteiger partial charge in [0.1, 0.15) is 11.3 Å². The molecule has 0 radical (unpaired) electrons. The lowest BCUT2D eigenvalue weighted by Crippen LogP contribution is -2.43. The first-order chi connectivity index (χ1) is 12.2. The minimum Gasteiger partial charge on any atom is -0.477 e. The third-order valence-electron chi connectivity index (χ3n) is 5.30. The van der Waals surface area contributed by atoms with E-state index >= 15 is 0 Å². The molecule has 6 heteroatoms. The average molecular weight is 360 g/mol. The van der Waals surface area contributed by atoms with E-state index in [-0.39, 0.29) is 6.09 Å². The molecular weight excluding hydrogens is 332 g/mol. The number of piperidine rings is 1. The number of aromatic nitrogens is 1. The number of carbonyl (C=O) groups is 2. The van der Waals surface area contributed by atoms with Crippen molar-refractivity contribution in [2.45, 2.75) is 45.6 Å². The van der Waals surface area contributed by atoms with Crippen molar-refractivity contribution < 1.29 is 19.4 Å². The van der Waals surface area contributed by atoms with Crippen LogP contribution in [0, 0.1) is 11.8 Å². The molecule has 142 valence electrons. The predicted octanol–water partition coefficient (Wildman–Crippen LogP) is 1.95. The summed E-state index contributed by atoms with van der Waals surface area (Å²) in [5.41, 5.74) is -0.145. The van der Waals surface area contributed by atoms with Crippen LogP contribution < -0.4 is 10.6 Å². The second-order valence-corrected chi connectivity index (χ2v) is 8.31. The highest BCUT2D eigenvalue weighted by Gasteiger charge is 2.30. The number of likely N-dealkylation sites (tertiary alicyclic amines) is 1. The molecule has 1 amide bonds. The predicted molar refractivity (Wildman–Crippen MR) is 99.2 cm³/mol. The van der Waals surface area contributed by atoms with Gasteiger partial charge >= 0.3 is 12.1 Å². The summed E-state index contributed by atoms with van der Waals surface area (Å²) in [6.45, 7) is 7.08. The minimum absolute atomic E-state index is 0.230. The number of nitrogens with zero attached hydrogens (tertiary/aromatic N) is 2. The molecule has 1 aromatic rings. The lowest BCUT2D eigenvalue weighted by Gasteiger charge is -2.36. The normalized spacial score (nSPS) is 20.8. The van der Waals surface area contributed by atoms with Gasteiger partial charge in [0, 0.05) is 25.5 Å². The van der Waals surface area contributed by atoms with Gasteiger partial charge in [-0.15, -0.1) is 0 Å². The molecule has 1 fully saturated rings. The lowest BCUT2D eigenvalue weighted by atomic mass is 9.80. The minimum atomic E-state index is -0.897. The van der Waals surface area contributed by atoms with Gasteiger partial charge < -0.3 is 19.3 Å². The second-order valence-electron chi connectivity index (χ2n) is 8.31. The van der Waals surface area contributed by atoms with Crippen LogP contribution in [-0.4, -0.2) is 45.3 Å². The fraction of sp³-hybridized carbons (Fsp3) is 0.600. The van der Waals surface area contributed by atoms with Crippen LogP contribution in [0.1, 0.15) is 50.5 Å². The van der Waals surface area contributed by atoms with Gasteiger partial charge in [-0.1, -0.05) is 12.2 Å². The van der Waals surface area contributed by atoms with E-state index in [0.717, 1.165) is 29.8 Å². The van der Waals surface area contributed by atoms with Crippen molar-refractivity contribution in [1.29, 1.82) is 0 Å². The van der Waals surface area contributed by atoms with Crippen LogP contribution in [0.25, 0.3) is 12.2 Å². The first kappa shape index (κ1) is 18.5. The molecule has 1 aromatic heterocycles. The van der Waals surface area contributed by atoms with E-state index in [1.54, 1.807) is 22.6 Å². The van der Waals surface area contributed by atoms with Crippen LogP contribution in [0.5, 0.6) is 0 Å². The number of hydrogen-bond acceptors (Lipinski definition) is 3. The molecule has 6 nitrogen and oxygen atoms in total. The van der Waals surface area contributed by atoms with E-state index in [0.29, 0.717) is 30.6 Å². The largest absolute Gasteiger partial charge is 0.477 e. The number of hydrogen-bond donors (Lipinski definition) is 1. The monoisotopic (exact) mass is 360 g/mol. The number of amides is 1. The maximum absolute atomic E-state index is 12.2. The first-order valence-electron chi connectivity index (χ1n) is 9.24. The van der Waals surface area contributed by atoms with Crippen molar-refractivity contribution in [1.82, 2.24) is 9.47 Å². The molecule has 1 aliphatic carbocycles. The van der Waals surface area contributed by atoms with Gasteiger partial charge in [0.15, 0.2) is 0 Å². The Hall–Kier alpha value is -2.24. The van der Waals surface area contributed by atoms with Gasteiger partial charge in [-0.2, -0.15) is 0 Å². The Morgan fingerprint density at radius 2 is 1.88 bits per heavy atom. The fourth-order valence-electron chi connectivity index (χ4n) is 3.95. The Balaban J connectivity index is 1.67. The Bertz CT molecular complexity index is 823. The second kappa shape index (κ2) is 6.82. The van der Waals surface area contributed by atoms with Gasteiger partial charge in [-0.3, -0.25) is 0 Å². The first-order valence-corrected chi connectivity index (χ1v) is 9.24. The molecule has 2 aliphatic rings. The molecule has 1 aliphatic heterocycles. The average Bonchev–Trinajstić information content (AvgIpc) is 2.90. The third kappa shape index (κ3) is 3.79. The standard InChI is InChI=1S/C20H28N2O4/c1-20(2,3)26-19(25)22-9-7-13(8-10-22)14-5-6-16-15(11-14)12-17(18(23)24)21(16)4/h6,11-14H,5,7-10H2,1-4H3,(H,23,24). The van der Waals surface area contributed by atoms with Crippen molar-refractivity contribution >= 4 is 24.2 Å². The molecule has 0 aromatic carbocycles. The highest BCUT2D eigenvalue weighted by atomic mass is 16.6. The number of aromatic carboxylic acids is 1. The Morgan fingerprint density at radius 3 is 2.46 bits per heavy atom. The molecule has 1 atom stereocenters. The highest BCUT2D eigenvalue weighted by molar-refractivity contribution is 5.86. The van der Waals surface area contributed by atoms with E-state index in [1.165, 1.54) is 0 Å². The molecule has 0 bridgehead atoms. The molecule has 2 heterocycles. The van der Waals surface area contributed by atoms with E-state index in [1.807, 2.05) is 20.8 Å². The van der Waals surface area contributed by atoms with Crippen LogP contribution in [0.2, 0.25) is 0 Å². The number of ether oxygens (including phenoxy) is 1. The zero-order valence-corrected chi connectivity index (χ0v) is 16.0. The van der Waals surface area contributed by atoms with Crippen LogP contribution in [0.15, 0.2) is 6.07 Å². The number of rotatable bonds is 2.